The Balaban J connectivity index is 1.11. The van der Waals surface area contributed by atoms with Crippen LogP contribution in [0.2, 0.25) is 0 Å². The van der Waals surface area contributed by atoms with Crippen LogP contribution in [0.3, 0.4) is 0 Å². The van der Waals surface area contributed by atoms with E-state index in [1.54, 1.807) is 23.2 Å². The van der Waals surface area contributed by atoms with Crippen LogP contribution in [-0.2, 0) is 19.5 Å². The van der Waals surface area contributed by atoms with Gasteiger partial charge in [-0.2, -0.15) is 0 Å². The summed E-state index contributed by atoms with van der Waals surface area (Å²) in [7, 11) is 2.15. The Bertz CT molecular complexity index is 1550. The maximum atomic E-state index is 14.2. The molecule has 4 heterocycles. The van der Waals surface area contributed by atoms with Gasteiger partial charge in [0.25, 0.3) is 0 Å². The average molecular weight is 556 g/mol. The summed E-state index contributed by atoms with van der Waals surface area (Å²) in [6.45, 7) is 7.90. The molecule has 41 heavy (non-hydrogen) atoms. The zero-order valence-corrected chi connectivity index (χ0v) is 23.4. The predicted octanol–water partition coefficient (Wildman–Crippen LogP) is 5.05. The number of hydrogen-bond donors (Lipinski definition) is 2. The topological polar surface area (TPSA) is 89.6 Å². The summed E-state index contributed by atoms with van der Waals surface area (Å²) in [5.41, 5.74) is 5.01. The second kappa shape index (κ2) is 11.7. The number of nitrogens with zero attached hydrogens (tertiary/aromatic N) is 5. The highest BCUT2D eigenvalue weighted by Crippen LogP contribution is 2.29. The fourth-order valence-electron chi connectivity index (χ4n) is 5.26. The van der Waals surface area contributed by atoms with Crippen molar-refractivity contribution in [3.8, 4) is 23.0 Å². The Labute approximate surface area is 239 Å². The molecule has 0 saturated carbocycles. The van der Waals surface area contributed by atoms with Crippen LogP contribution in [-0.4, -0.2) is 75.5 Å². The highest BCUT2D eigenvalue weighted by Gasteiger charge is 2.22. The lowest BCUT2D eigenvalue weighted by atomic mass is 10.00. The van der Waals surface area contributed by atoms with Crippen LogP contribution >= 0.6 is 0 Å². The third kappa shape index (κ3) is 6.39. The van der Waals surface area contributed by atoms with E-state index in [1.807, 2.05) is 43.5 Å². The van der Waals surface area contributed by atoms with E-state index < -0.39 is 5.82 Å². The summed E-state index contributed by atoms with van der Waals surface area (Å²) in [5.74, 6) is 1.57. The third-order valence-corrected chi connectivity index (χ3v) is 7.67. The Morgan fingerprint density at radius 3 is 2.68 bits per heavy atom. The SMILES string of the molecule is Cc1ccc(F)c(NC(=O)N2CCc3ccc(Oc4ccnc(-c5ncc(CN6CCN(C)CC6)[nH]5)c4)cc3C2)c1. The van der Waals surface area contributed by atoms with Crippen molar-refractivity contribution in [1.82, 2.24) is 29.7 Å². The van der Waals surface area contributed by atoms with E-state index in [9.17, 15) is 9.18 Å². The molecule has 6 rings (SSSR count). The number of benzene rings is 2. The number of halogens is 1. The molecule has 2 aromatic carbocycles. The van der Waals surface area contributed by atoms with Crippen LogP contribution < -0.4 is 10.1 Å². The number of ether oxygens (including phenoxy) is 1. The number of carbonyl (C=O) groups is 1. The van der Waals surface area contributed by atoms with Crippen LogP contribution in [0, 0.1) is 12.7 Å². The summed E-state index contributed by atoms with van der Waals surface area (Å²) >= 11 is 0. The van der Waals surface area contributed by atoms with E-state index >= 15 is 0 Å². The first-order valence-electron chi connectivity index (χ1n) is 13.9. The number of piperazine rings is 1. The van der Waals surface area contributed by atoms with Gasteiger partial charge < -0.3 is 24.8 Å². The quantitative estimate of drug-likeness (QED) is 0.346. The number of aromatic amines is 1. The zero-order valence-electron chi connectivity index (χ0n) is 23.4. The number of anilines is 1. The fraction of sp³-hybridized carbons (Fsp3) is 0.323. The summed E-state index contributed by atoms with van der Waals surface area (Å²) in [6.07, 6.45) is 4.30. The molecule has 9 nitrogen and oxygen atoms in total. The van der Waals surface area contributed by atoms with Crippen molar-refractivity contribution in [2.45, 2.75) is 26.4 Å². The molecule has 1 fully saturated rings. The number of imidazole rings is 1. The average Bonchev–Trinajstić information content (AvgIpc) is 3.44. The molecule has 2 aliphatic heterocycles. The van der Waals surface area contributed by atoms with Crippen molar-refractivity contribution in [1.29, 1.82) is 0 Å². The van der Waals surface area contributed by atoms with Crippen molar-refractivity contribution in [3.63, 3.8) is 0 Å². The van der Waals surface area contributed by atoms with Crippen LogP contribution in [0.1, 0.15) is 22.4 Å². The smallest absolute Gasteiger partial charge is 0.322 e. The number of H-pyrrole nitrogens is 1. The molecule has 212 valence electrons. The van der Waals surface area contributed by atoms with Gasteiger partial charge in [-0.05, 0) is 67.4 Å². The number of aromatic nitrogens is 3. The number of fused-ring (bicyclic) bond motifs is 1. The fourth-order valence-corrected chi connectivity index (χ4v) is 5.26. The molecule has 2 N–H and O–H groups in total. The van der Waals surface area contributed by atoms with Crippen LogP contribution in [0.5, 0.6) is 11.5 Å². The van der Waals surface area contributed by atoms with E-state index in [0.717, 1.165) is 49.5 Å². The monoisotopic (exact) mass is 555 g/mol. The maximum Gasteiger partial charge on any atom is 0.322 e. The van der Waals surface area contributed by atoms with Gasteiger partial charge >= 0.3 is 6.03 Å². The first kappa shape index (κ1) is 26.9. The molecule has 2 amide bonds. The number of aryl methyl sites for hydroxylation is 1. The second-order valence-corrected chi connectivity index (χ2v) is 10.8. The lowest BCUT2D eigenvalue weighted by Gasteiger charge is -2.31. The highest BCUT2D eigenvalue weighted by atomic mass is 19.1. The molecule has 0 bridgehead atoms. The molecule has 0 atom stereocenters. The minimum absolute atomic E-state index is 0.189. The molecule has 2 aliphatic rings. The second-order valence-electron chi connectivity index (χ2n) is 10.8. The van der Waals surface area contributed by atoms with Gasteiger partial charge in [-0.25, -0.2) is 14.2 Å². The minimum Gasteiger partial charge on any atom is -0.457 e. The third-order valence-electron chi connectivity index (χ3n) is 7.67. The number of pyridine rings is 1. The van der Waals surface area contributed by atoms with Gasteiger partial charge in [0, 0.05) is 63.8 Å². The Morgan fingerprint density at radius 1 is 1.00 bits per heavy atom. The molecule has 10 heteroatoms. The molecular weight excluding hydrogens is 521 g/mol. The van der Waals surface area contributed by atoms with Crippen molar-refractivity contribution in [3.05, 3.63) is 89.1 Å². The predicted molar refractivity (Wildman–Crippen MR) is 155 cm³/mol. The molecule has 0 aliphatic carbocycles. The minimum atomic E-state index is -0.449. The maximum absolute atomic E-state index is 14.2. The first-order chi connectivity index (χ1) is 19.9. The van der Waals surface area contributed by atoms with Crippen molar-refractivity contribution < 1.29 is 13.9 Å². The highest BCUT2D eigenvalue weighted by molar-refractivity contribution is 5.89. The van der Waals surface area contributed by atoms with Gasteiger partial charge in [0.15, 0.2) is 5.82 Å². The molecule has 0 spiro atoms. The van der Waals surface area contributed by atoms with Crippen LogP contribution in [0.25, 0.3) is 11.5 Å². The Hall–Kier alpha value is -4.28. The lowest BCUT2D eigenvalue weighted by Crippen LogP contribution is -2.43. The molecule has 4 aromatic rings. The van der Waals surface area contributed by atoms with Crippen molar-refractivity contribution in [2.75, 3.05) is 45.1 Å². The number of rotatable bonds is 6. The van der Waals surface area contributed by atoms with Crippen molar-refractivity contribution in [2.24, 2.45) is 0 Å². The number of urea groups is 1. The Morgan fingerprint density at radius 2 is 1.83 bits per heavy atom. The van der Waals surface area contributed by atoms with Gasteiger partial charge in [0.05, 0.1) is 11.9 Å². The molecule has 2 aromatic heterocycles. The van der Waals surface area contributed by atoms with Gasteiger partial charge in [0.1, 0.15) is 23.0 Å². The number of amides is 2. The van der Waals surface area contributed by atoms with Gasteiger partial charge in [-0.3, -0.25) is 9.88 Å². The summed E-state index contributed by atoms with van der Waals surface area (Å²) in [6, 6.07) is 14.0. The van der Waals surface area contributed by atoms with E-state index in [2.05, 4.69) is 37.1 Å². The summed E-state index contributed by atoms with van der Waals surface area (Å²) < 4.78 is 20.4. The molecule has 0 unspecified atom stereocenters. The normalized spacial score (nSPS) is 15.9. The summed E-state index contributed by atoms with van der Waals surface area (Å²) in [4.78, 5) is 31.8. The van der Waals surface area contributed by atoms with E-state index in [0.29, 0.717) is 42.5 Å². The van der Waals surface area contributed by atoms with Gasteiger partial charge in [-0.15, -0.1) is 0 Å². The zero-order chi connectivity index (χ0) is 28.3. The van der Waals surface area contributed by atoms with Crippen molar-refractivity contribution >= 4 is 11.7 Å². The van der Waals surface area contributed by atoms with E-state index in [4.69, 9.17) is 4.74 Å². The first-order valence-corrected chi connectivity index (χ1v) is 13.9. The Kier molecular flexibility index (Phi) is 7.67. The molecular formula is C31H34FN7O2. The summed E-state index contributed by atoms with van der Waals surface area (Å²) in [5, 5.41) is 2.71. The number of carbonyl (C=O) groups excluding carboxylic acids is 1. The number of hydrogen-bond acceptors (Lipinski definition) is 6. The van der Waals surface area contributed by atoms with Gasteiger partial charge in [0.2, 0.25) is 0 Å². The largest absolute Gasteiger partial charge is 0.457 e. The van der Waals surface area contributed by atoms with Gasteiger partial charge in [-0.1, -0.05) is 12.1 Å². The molecule has 1 saturated heterocycles. The van der Waals surface area contributed by atoms with Crippen LogP contribution in [0.4, 0.5) is 14.9 Å². The number of nitrogens with one attached hydrogen (secondary N) is 2. The van der Waals surface area contributed by atoms with Crippen LogP contribution in [0.15, 0.2) is 60.9 Å². The molecule has 0 radical (unpaired) electrons. The van der Waals surface area contributed by atoms with E-state index in [1.165, 1.54) is 11.6 Å². The standard InChI is InChI=1S/C31H34FN7O2/c1-21-3-6-27(32)28(15-21)36-31(40)39-10-8-22-4-5-25(16-23(22)19-39)41-26-7-9-33-29(17-26)30-34-18-24(35-30)20-38-13-11-37(2)12-14-38/h3-7,9,15-18H,8,10-14,19-20H2,1-2H3,(H,34,35)(H,36,40). The number of likely N-dealkylation sites (N-methyl/N-ethyl adjacent to an activating group) is 1. The lowest BCUT2D eigenvalue weighted by molar-refractivity contribution is 0.147. The van der Waals surface area contributed by atoms with E-state index in [-0.39, 0.29) is 11.7 Å².